The van der Waals surface area contributed by atoms with Crippen molar-refractivity contribution in [2.45, 2.75) is 0 Å². The highest BCUT2D eigenvalue weighted by atomic mass is 16.5. The molecule has 1 aromatic carbocycles. The fraction of sp³-hybridized carbons (Fsp3) is 0.250. The maximum absolute atomic E-state index is 10.8. The van der Waals surface area contributed by atoms with Gasteiger partial charge in [-0.2, -0.15) is 0 Å². The van der Waals surface area contributed by atoms with E-state index in [4.69, 9.17) is 9.84 Å². The summed E-state index contributed by atoms with van der Waals surface area (Å²) in [4.78, 5) is 10.8. The topological polar surface area (TPSA) is 55.8 Å². The zero-order valence-corrected chi connectivity index (χ0v) is 9.05. The highest BCUT2D eigenvalue weighted by Crippen LogP contribution is 2.12. The van der Waals surface area contributed by atoms with Gasteiger partial charge in [-0.15, -0.1) is 0 Å². The van der Waals surface area contributed by atoms with Crippen LogP contribution in [0.15, 0.2) is 30.3 Å². The van der Waals surface area contributed by atoms with Crippen LogP contribution >= 0.6 is 0 Å². The number of aliphatic hydroxyl groups is 1. The van der Waals surface area contributed by atoms with Crippen LogP contribution in [0.4, 0.5) is 0 Å². The molecule has 0 spiro atoms. The summed E-state index contributed by atoms with van der Waals surface area (Å²) >= 11 is 0. The van der Waals surface area contributed by atoms with Crippen molar-refractivity contribution in [2.75, 3.05) is 20.3 Å². The van der Waals surface area contributed by atoms with E-state index >= 15 is 0 Å². The van der Waals surface area contributed by atoms with Crippen LogP contribution < -0.4 is 4.74 Å². The maximum atomic E-state index is 10.8. The summed E-state index contributed by atoms with van der Waals surface area (Å²) in [6, 6.07) is 7.16. The number of hydrogen-bond acceptors (Lipinski definition) is 4. The van der Waals surface area contributed by atoms with Gasteiger partial charge in [-0.25, -0.2) is 4.79 Å². The summed E-state index contributed by atoms with van der Waals surface area (Å²) in [6.07, 6.45) is 3.01. The Morgan fingerprint density at radius 3 is 2.62 bits per heavy atom. The van der Waals surface area contributed by atoms with Gasteiger partial charge in [0.15, 0.2) is 0 Å². The van der Waals surface area contributed by atoms with E-state index in [0.717, 1.165) is 5.56 Å². The van der Waals surface area contributed by atoms with Crippen LogP contribution in [0.1, 0.15) is 5.56 Å². The predicted octanol–water partition coefficient (Wildman–Crippen LogP) is 1.24. The third kappa shape index (κ3) is 4.14. The summed E-state index contributed by atoms with van der Waals surface area (Å²) in [5.74, 6) is 0.296. The molecule has 1 rings (SSSR count). The second-order valence-electron chi connectivity index (χ2n) is 3.00. The first-order chi connectivity index (χ1) is 7.76. The lowest BCUT2D eigenvalue weighted by Gasteiger charge is -2.03. The normalized spacial score (nSPS) is 10.4. The largest absolute Gasteiger partial charge is 0.491 e. The van der Waals surface area contributed by atoms with Gasteiger partial charge in [0.2, 0.25) is 0 Å². The van der Waals surface area contributed by atoms with Crippen molar-refractivity contribution < 1.29 is 19.4 Å². The van der Waals surface area contributed by atoms with Gasteiger partial charge >= 0.3 is 5.97 Å². The lowest BCUT2D eigenvalue weighted by Crippen LogP contribution is -2.01. The minimum atomic E-state index is -0.388. The third-order valence-electron chi connectivity index (χ3n) is 1.85. The number of rotatable bonds is 5. The summed E-state index contributed by atoms with van der Waals surface area (Å²) in [7, 11) is 1.33. The molecule has 0 saturated heterocycles. The standard InChI is InChI=1S/C12H14O4/c1-15-12(14)7-4-10-2-5-11(6-3-10)16-9-8-13/h2-7,13H,8-9H2,1H3. The van der Waals surface area contributed by atoms with Crippen molar-refractivity contribution in [3.63, 3.8) is 0 Å². The van der Waals surface area contributed by atoms with Crippen LogP contribution in [0, 0.1) is 0 Å². The zero-order valence-electron chi connectivity index (χ0n) is 9.05. The first-order valence-corrected chi connectivity index (χ1v) is 4.86. The monoisotopic (exact) mass is 222 g/mol. The van der Waals surface area contributed by atoms with Crippen LogP contribution in [0.5, 0.6) is 5.75 Å². The Balaban J connectivity index is 2.57. The van der Waals surface area contributed by atoms with E-state index in [1.807, 2.05) is 12.1 Å². The number of benzene rings is 1. The molecule has 0 unspecified atom stereocenters. The van der Waals surface area contributed by atoms with E-state index in [1.165, 1.54) is 13.2 Å². The van der Waals surface area contributed by atoms with E-state index in [1.54, 1.807) is 18.2 Å². The van der Waals surface area contributed by atoms with Crippen molar-refractivity contribution in [3.05, 3.63) is 35.9 Å². The van der Waals surface area contributed by atoms with Gasteiger partial charge in [0, 0.05) is 6.08 Å². The van der Waals surface area contributed by atoms with E-state index < -0.39 is 0 Å². The quantitative estimate of drug-likeness (QED) is 0.601. The van der Waals surface area contributed by atoms with Gasteiger partial charge in [0.1, 0.15) is 12.4 Å². The van der Waals surface area contributed by atoms with Crippen LogP contribution in [0.3, 0.4) is 0 Å². The van der Waals surface area contributed by atoms with Crippen molar-refractivity contribution in [1.29, 1.82) is 0 Å². The molecular formula is C12H14O4. The molecule has 0 fully saturated rings. The molecule has 86 valence electrons. The Bertz CT molecular complexity index is 354. The van der Waals surface area contributed by atoms with Crippen molar-refractivity contribution >= 4 is 12.0 Å². The predicted molar refractivity (Wildman–Crippen MR) is 60.1 cm³/mol. The first-order valence-electron chi connectivity index (χ1n) is 4.86. The molecule has 0 heterocycles. The van der Waals surface area contributed by atoms with Gasteiger partial charge in [-0.3, -0.25) is 0 Å². The molecule has 16 heavy (non-hydrogen) atoms. The molecule has 1 aromatic rings. The SMILES string of the molecule is COC(=O)C=Cc1ccc(OCCO)cc1. The average molecular weight is 222 g/mol. The lowest BCUT2D eigenvalue weighted by molar-refractivity contribution is -0.134. The number of carbonyl (C=O) groups excluding carboxylic acids is 1. The average Bonchev–Trinajstić information content (AvgIpc) is 2.34. The summed E-state index contributed by atoms with van der Waals surface area (Å²) in [5.41, 5.74) is 0.877. The smallest absolute Gasteiger partial charge is 0.330 e. The number of carbonyl (C=O) groups is 1. The molecular weight excluding hydrogens is 208 g/mol. The molecule has 4 heteroatoms. The van der Waals surface area contributed by atoms with Crippen LogP contribution in [0.25, 0.3) is 6.08 Å². The van der Waals surface area contributed by atoms with Crippen molar-refractivity contribution in [2.24, 2.45) is 0 Å². The molecule has 0 aliphatic carbocycles. The lowest BCUT2D eigenvalue weighted by atomic mass is 10.2. The molecule has 0 radical (unpaired) electrons. The Labute approximate surface area is 94.1 Å². The van der Waals surface area contributed by atoms with E-state index in [-0.39, 0.29) is 19.2 Å². The second kappa shape index (κ2) is 6.63. The number of hydrogen-bond donors (Lipinski definition) is 1. The molecule has 1 N–H and O–H groups in total. The van der Waals surface area contributed by atoms with Gasteiger partial charge in [-0.05, 0) is 23.8 Å². The highest BCUT2D eigenvalue weighted by Gasteiger charge is 1.94. The molecule has 0 amide bonds. The number of aliphatic hydroxyl groups excluding tert-OH is 1. The fourth-order valence-electron chi connectivity index (χ4n) is 1.07. The van der Waals surface area contributed by atoms with Gasteiger partial charge in [-0.1, -0.05) is 12.1 Å². The Hall–Kier alpha value is -1.81. The second-order valence-corrected chi connectivity index (χ2v) is 3.00. The van der Waals surface area contributed by atoms with Crippen molar-refractivity contribution in [1.82, 2.24) is 0 Å². The summed E-state index contributed by atoms with van der Waals surface area (Å²) in [5, 5.41) is 8.57. The van der Waals surface area contributed by atoms with E-state index in [2.05, 4.69) is 4.74 Å². The molecule has 4 nitrogen and oxygen atoms in total. The third-order valence-corrected chi connectivity index (χ3v) is 1.85. The fourth-order valence-corrected chi connectivity index (χ4v) is 1.07. The van der Waals surface area contributed by atoms with Crippen LogP contribution in [-0.4, -0.2) is 31.4 Å². The number of methoxy groups -OCH3 is 1. The number of ether oxygens (including phenoxy) is 2. The minimum absolute atomic E-state index is 0.00993. The molecule has 0 aliphatic heterocycles. The van der Waals surface area contributed by atoms with Crippen LogP contribution in [-0.2, 0) is 9.53 Å². The van der Waals surface area contributed by atoms with Gasteiger partial charge in [0.05, 0.1) is 13.7 Å². The maximum Gasteiger partial charge on any atom is 0.330 e. The Kier molecular flexibility index (Phi) is 5.08. The minimum Gasteiger partial charge on any atom is -0.491 e. The molecule has 0 aliphatic rings. The Morgan fingerprint density at radius 1 is 1.38 bits per heavy atom. The summed E-state index contributed by atoms with van der Waals surface area (Å²) in [6.45, 7) is 0.265. The molecule has 0 bridgehead atoms. The Morgan fingerprint density at radius 2 is 2.06 bits per heavy atom. The molecule has 0 saturated carbocycles. The van der Waals surface area contributed by atoms with E-state index in [9.17, 15) is 4.79 Å². The first kappa shape index (κ1) is 12.3. The van der Waals surface area contributed by atoms with E-state index in [0.29, 0.717) is 5.75 Å². The highest BCUT2D eigenvalue weighted by molar-refractivity contribution is 5.86. The molecule has 0 aromatic heterocycles. The van der Waals surface area contributed by atoms with Gasteiger partial charge in [0.25, 0.3) is 0 Å². The van der Waals surface area contributed by atoms with Crippen molar-refractivity contribution in [3.8, 4) is 5.75 Å². The van der Waals surface area contributed by atoms with Crippen LogP contribution in [0.2, 0.25) is 0 Å². The number of esters is 1. The summed E-state index contributed by atoms with van der Waals surface area (Å²) < 4.78 is 9.66. The molecule has 0 atom stereocenters. The van der Waals surface area contributed by atoms with Gasteiger partial charge < -0.3 is 14.6 Å². The zero-order chi connectivity index (χ0) is 11.8.